The number of nitrogens with one attached hydrogen (secondary N) is 1. The number of hydrogen-bond donors (Lipinski definition) is 2. The van der Waals surface area contributed by atoms with E-state index >= 15 is 0 Å². The molecule has 0 fully saturated rings. The van der Waals surface area contributed by atoms with Crippen molar-refractivity contribution in [3.63, 3.8) is 0 Å². The summed E-state index contributed by atoms with van der Waals surface area (Å²) < 4.78 is 0. The molecule has 0 spiro atoms. The van der Waals surface area contributed by atoms with Gasteiger partial charge in [-0.25, -0.2) is 0 Å². The Labute approximate surface area is 111 Å². The Morgan fingerprint density at radius 1 is 1.41 bits per heavy atom. The standard InChI is InChI=1S/C12H16Cl2N2O/c1-7(2)6-9(15)12(17)16-10-5-3-4-8(13)11(10)14/h3-5,7,9H,6,15H2,1-2H3,(H,16,17)/t9-/m0/s1. The van der Waals surface area contributed by atoms with E-state index < -0.39 is 6.04 Å². The molecule has 0 aliphatic rings. The summed E-state index contributed by atoms with van der Waals surface area (Å²) in [5.74, 6) is 0.119. The summed E-state index contributed by atoms with van der Waals surface area (Å²) in [5.41, 5.74) is 6.26. The predicted octanol–water partition coefficient (Wildman–Crippen LogP) is 3.31. The van der Waals surface area contributed by atoms with Gasteiger partial charge >= 0.3 is 0 Å². The van der Waals surface area contributed by atoms with Crippen LogP contribution in [0.1, 0.15) is 20.3 Å². The van der Waals surface area contributed by atoms with Crippen LogP contribution in [0.3, 0.4) is 0 Å². The maximum atomic E-state index is 11.8. The average molecular weight is 275 g/mol. The van der Waals surface area contributed by atoms with E-state index in [1.807, 2.05) is 13.8 Å². The second kappa shape index (κ2) is 6.24. The molecule has 0 bridgehead atoms. The fraction of sp³-hybridized carbons (Fsp3) is 0.417. The fourth-order valence-corrected chi connectivity index (χ4v) is 1.79. The minimum absolute atomic E-state index is 0.247. The first-order chi connectivity index (χ1) is 7.91. The van der Waals surface area contributed by atoms with Crippen molar-refractivity contribution in [3.8, 4) is 0 Å². The zero-order chi connectivity index (χ0) is 13.0. The van der Waals surface area contributed by atoms with Gasteiger partial charge in [0.2, 0.25) is 5.91 Å². The molecule has 3 N–H and O–H groups in total. The van der Waals surface area contributed by atoms with Crippen LogP contribution in [0.2, 0.25) is 10.0 Å². The van der Waals surface area contributed by atoms with E-state index in [9.17, 15) is 4.79 Å². The maximum Gasteiger partial charge on any atom is 0.241 e. The number of anilines is 1. The topological polar surface area (TPSA) is 55.1 Å². The highest BCUT2D eigenvalue weighted by Crippen LogP contribution is 2.29. The van der Waals surface area contributed by atoms with Gasteiger partial charge in [-0.15, -0.1) is 0 Å². The molecule has 0 saturated carbocycles. The van der Waals surface area contributed by atoms with E-state index in [4.69, 9.17) is 28.9 Å². The van der Waals surface area contributed by atoms with Gasteiger partial charge in [-0.3, -0.25) is 4.79 Å². The third kappa shape index (κ3) is 4.19. The zero-order valence-corrected chi connectivity index (χ0v) is 11.3. The third-order valence-corrected chi connectivity index (χ3v) is 3.09. The number of nitrogens with two attached hydrogens (primary N) is 1. The van der Waals surface area contributed by atoms with Gasteiger partial charge in [0.1, 0.15) is 0 Å². The third-order valence-electron chi connectivity index (χ3n) is 2.27. The number of carbonyl (C=O) groups is 1. The minimum Gasteiger partial charge on any atom is -0.323 e. The van der Waals surface area contributed by atoms with Gasteiger partial charge in [0.15, 0.2) is 0 Å². The molecule has 1 aromatic carbocycles. The number of benzene rings is 1. The van der Waals surface area contributed by atoms with E-state index in [0.29, 0.717) is 28.1 Å². The molecule has 0 aliphatic heterocycles. The van der Waals surface area contributed by atoms with Gasteiger partial charge in [-0.1, -0.05) is 43.1 Å². The Balaban J connectivity index is 2.71. The molecule has 0 saturated heterocycles. The van der Waals surface area contributed by atoms with Gasteiger partial charge in [0.25, 0.3) is 0 Å². The summed E-state index contributed by atoms with van der Waals surface area (Å²) in [5, 5.41) is 3.41. The van der Waals surface area contributed by atoms with E-state index in [2.05, 4.69) is 5.32 Å². The highest BCUT2D eigenvalue weighted by molar-refractivity contribution is 6.44. The van der Waals surface area contributed by atoms with E-state index in [1.165, 1.54) is 0 Å². The Morgan fingerprint density at radius 3 is 2.65 bits per heavy atom. The van der Waals surface area contributed by atoms with Crippen LogP contribution in [0.4, 0.5) is 5.69 Å². The number of amides is 1. The first-order valence-corrected chi connectivity index (χ1v) is 6.18. The minimum atomic E-state index is -0.537. The summed E-state index contributed by atoms with van der Waals surface area (Å²) >= 11 is 11.8. The number of rotatable bonds is 4. The molecule has 1 amide bonds. The van der Waals surface area contributed by atoms with Crippen LogP contribution in [0.15, 0.2) is 18.2 Å². The number of hydrogen-bond acceptors (Lipinski definition) is 2. The molecule has 3 nitrogen and oxygen atoms in total. The van der Waals surface area contributed by atoms with Gasteiger partial charge in [0, 0.05) is 0 Å². The van der Waals surface area contributed by atoms with Crippen LogP contribution in [0.5, 0.6) is 0 Å². The smallest absolute Gasteiger partial charge is 0.241 e. The van der Waals surface area contributed by atoms with Gasteiger partial charge in [-0.05, 0) is 24.5 Å². The number of halogens is 2. The molecule has 0 unspecified atom stereocenters. The first-order valence-electron chi connectivity index (χ1n) is 5.42. The molecule has 1 atom stereocenters. The molecular weight excluding hydrogens is 259 g/mol. The highest BCUT2D eigenvalue weighted by atomic mass is 35.5. The summed E-state index contributed by atoms with van der Waals surface area (Å²) in [4.78, 5) is 11.8. The Kier molecular flexibility index (Phi) is 5.25. The van der Waals surface area contributed by atoms with Crippen LogP contribution < -0.4 is 11.1 Å². The Bertz CT molecular complexity index is 407. The lowest BCUT2D eigenvalue weighted by atomic mass is 10.0. The van der Waals surface area contributed by atoms with Crippen molar-refractivity contribution >= 4 is 34.8 Å². The monoisotopic (exact) mass is 274 g/mol. The van der Waals surface area contributed by atoms with Crippen molar-refractivity contribution in [1.29, 1.82) is 0 Å². The molecule has 0 aliphatic carbocycles. The van der Waals surface area contributed by atoms with E-state index in [1.54, 1.807) is 18.2 Å². The van der Waals surface area contributed by atoms with Crippen molar-refractivity contribution in [3.05, 3.63) is 28.2 Å². The molecule has 1 aromatic rings. The predicted molar refractivity (Wildman–Crippen MR) is 72.5 cm³/mol. The lowest BCUT2D eigenvalue weighted by molar-refractivity contribution is -0.117. The molecular formula is C12H16Cl2N2O. The van der Waals surface area contributed by atoms with E-state index in [-0.39, 0.29) is 5.91 Å². The molecule has 94 valence electrons. The summed E-state index contributed by atoms with van der Waals surface area (Å²) in [7, 11) is 0. The molecule has 1 rings (SSSR count). The molecule has 0 aromatic heterocycles. The number of carbonyl (C=O) groups excluding carboxylic acids is 1. The van der Waals surface area contributed by atoms with Crippen LogP contribution >= 0.6 is 23.2 Å². The fourth-order valence-electron chi connectivity index (χ4n) is 1.44. The largest absolute Gasteiger partial charge is 0.323 e. The van der Waals surface area contributed by atoms with E-state index in [0.717, 1.165) is 0 Å². The summed E-state index contributed by atoms with van der Waals surface area (Å²) in [6.45, 7) is 4.03. The zero-order valence-electron chi connectivity index (χ0n) is 9.84. The van der Waals surface area contributed by atoms with Crippen molar-refractivity contribution in [2.75, 3.05) is 5.32 Å². The highest BCUT2D eigenvalue weighted by Gasteiger charge is 2.16. The quantitative estimate of drug-likeness (QED) is 0.885. The lowest BCUT2D eigenvalue weighted by Crippen LogP contribution is -2.36. The van der Waals surface area contributed by atoms with Crippen LogP contribution in [0, 0.1) is 5.92 Å². The lowest BCUT2D eigenvalue weighted by Gasteiger charge is -2.15. The molecule has 0 radical (unpaired) electrons. The van der Waals surface area contributed by atoms with Gasteiger partial charge in [-0.2, -0.15) is 0 Å². The van der Waals surface area contributed by atoms with Gasteiger partial charge in [0.05, 0.1) is 21.8 Å². The second-order valence-corrected chi connectivity index (χ2v) is 5.11. The SMILES string of the molecule is CC(C)C[C@H](N)C(=O)Nc1cccc(Cl)c1Cl. The normalized spacial score (nSPS) is 12.6. The average Bonchev–Trinajstić information content (AvgIpc) is 2.23. The van der Waals surface area contributed by atoms with Crippen molar-refractivity contribution < 1.29 is 4.79 Å². The van der Waals surface area contributed by atoms with Crippen molar-refractivity contribution in [2.24, 2.45) is 11.7 Å². The van der Waals surface area contributed by atoms with Crippen LogP contribution in [0.25, 0.3) is 0 Å². The summed E-state index contributed by atoms with van der Waals surface area (Å²) in [6.07, 6.45) is 0.629. The van der Waals surface area contributed by atoms with Crippen LogP contribution in [-0.2, 0) is 4.79 Å². The molecule has 5 heteroatoms. The van der Waals surface area contributed by atoms with Gasteiger partial charge < -0.3 is 11.1 Å². The van der Waals surface area contributed by atoms with Crippen LogP contribution in [-0.4, -0.2) is 11.9 Å². The Hall–Kier alpha value is -0.770. The molecule has 17 heavy (non-hydrogen) atoms. The molecule has 0 heterocycles. The second-order valence-electron chi connectivity index (χ2n) is 4.33. The van der Waals surface area contributed by atoms with Crippen molar-refractivity contribution in [1.82, 2.24) is 0 Å². The Morgan fingerprint density at radius 2 is 2.06 bits per heavy atom. The first kappa shape index (κ1) is 14.3. The van der Waals surface area contributed by atoms with Crippen molar-refractivity contribution in [2.45, 2.75) is 26.3 Å². The maximum absolute atomic E-state index is 11.8. The summed E-state index contributed by atoms with van der Waals surface area (Å²) in [6, 6.07) is 4.53.